The molecule has 1 aromatic heterocycles. The summed E-state index contributed by atoms with van der Waals surface area (Å²) < 4.78 is 0. The molecule has 2 N–H and O–H groups in total. The van der Waals surface area contributed by atoms with Gasteiger partial charge in [-0.15, -0.1) is 0 Å². The third-order valence-corrected chi connectivity index (χ3v) is 4.46. The zero-order valence-corrected chi connectivity index (χ0v) is 14.3. The van der Waals surface area contributed by atoms with E-state index < -0.39 is 0 Å². The lowest BCUT2D eigenvalue weighted by Gasteiger charge is -2.31. The Labute approximate surface area is 143 Å². The molecule has 1 aliphatic heterocycles. The Bertz CT molecular complexity index is 729. The van der Waals surface area contributed by atoms with Gasteiger partial charge in [-0.05, 0) is 44.5 Å². The van der Waals surface area contributed by atoms with Crippen molar-refractivity contribution in [3.63, 3.8) is 0 Å². The van der Waals surface area contributed by atoms with Gasteiger partial charge in [0, 0.05) is 42.6 Å². The first kappa shape index (κ1) is 16.5. The second-order valence-electron chi connectivity index (χ2n) is 6.12. The van der Waals surface area contributed by atoms with Gasteiger partial charge in [0.25, 0.3) is 5.91 Å². The predicted octanol–water partition coefficient (Wildman–Crippen LogP) is 2.61. The Kier molecular flexibility index (Phi) is 5.11. The van der Waals surface area contributed by atoms with Gasteiger partial charge in [-0.25, -0.2) is 4.98 Å². The second kappa shape index (κ2) is 7.45. The number of hydrogen-bond donors (Lipinski definition) is 2. The van der Waals surface area contributed by atoms with E-state index in [2.05, 4.69) is 20.5 Å². The summed E-state index contributed by atoms with van der Waals surface area (Å²) in [4.78, 5) is 19.5. The van der Waals surface area contributed by atoms with E-state index in [1.807, 2.05) is 44.3 Å². The summed E-state index contributed by atoms with van der Waals surface area (Å²) in [7, 11) is 1.96. The molecule has 1 aromatic carbocycles. The van der Waals surface area contributed by atoms with Crippen molar-refractivity contribution in [3.05, 3.63) is 53.2 Å². The Morgan fingerprint density at radius 1 is 1.29 bits per heavy atom. The molecule has 0 bridgehead atoms. The van der Waals surface area contributed by atoms with Crippen LogP contribution in [0.4, 0.5) is 11.5 Å². The maximum atomic E-state index is 12.6. The molecule has 0 fully saturated rings. The number of benzene rings is 1. The molecule has 1 aliphatic rings. The van der Waals surface area contributed by atoms with Crippen LogP contribution >= 0.6 is 0 Å². The summed E-state index contributed by atoms with van der Waals surface area (Å²) in [6.07, 6.45) is 3.81. The van der Waals surface area contributed by atoms with Crippen LogP contribution in [0.2, 0.25) is 0 Å². The number of hydrogen-bond acceptors (Lipinski definition) is 4. The molecule has 0 aliphatic carbocycles. The molecular weight excluding hydrogens is 300 g/mol. The fourth-order valence-corrected chi connectivity index (χ4v) is 3.15. The molecule has 2 heterocycles. The fourth-order valence-electron chi connectivity index (χ4n) is 3.15. The van der Waals surface area contributed by atoms with Gasteiger partial charge < -0.3 is 15.5 Å². The topological polar surface area (TPSA) is 57.3 Å². The van der Waals surface area contributed by atoms with Gasteiger partial charge in [0.05, 0.1) is 0 Å². The van der Waals surface area contributed by atoms with Crippen LogP contribution < -0.4 is 15.5 Å². The predicted molar refractivity (Wildman–Crippen MR) is 97.8 cm³/mol. The molecule has 0 saturated heterocycles. The van der Waals surface area contributed by atoms with E-state index in [-0.39, 0.29) is 5.91 Å². The standard InChI is InChI=1S/C19H24N4O/c1-14-6-3-4-7-15(14)19(24)22-17-9-10-21-18-16(17)8-5-12-23(18)13-11-20-2/h3-4,6-7,9-10,20H,5,8,11-13H2,1-2H3,(H,21,22,24). The third kappa shape index (κ3) is 3.41. The van der Waals surface area contributed by atoms with E-state index in [0.29, 0.717) is 5.56 Å². The number of anilines is 2. The quantitative estimate of drug-likeness (QED) is 0.888. The average Bonchev–Trinajstić information content (AvgIpc) is 2.60. The number of nitrogens with one attached hydrogen (secondary N) is 2. The highest BCUT2D eigenvalue weighted by Crippen LogP contribution is 2.30. The van der Waals surface area contributed by atoms with Crippen LogP contribution in [0.1, 0.15) is 27.9 Å². The van der Waals surface area contributed by atoms with E-state index in [1.165, 1.54) is 0 Å². The first-order valence-corrected chi connectivity index (χ1v) is 8.45. The lowest BCUT2D eigenvalue weighted by atomic mass is 10.0. The summed E-state index contributed by atoms with van der Waals surface area (Å²) in [6, 6.07) is 9.55. The molecule has 0 saturated carbocycles. The Morgan fingerprint density at radius 2 is 2.12 bits per heavy atom. The van der Waals surface area contributed by atoms with E-state index in [1.54, 1.807) is 6.20 Å². The number of nitrogens with zero attached hydrogens (tertiary/aromatic N) is 2. The number of carbonyl (C=O) groups excluding carboxylic acids is 1. The van der Waals surface area contributed by atoms with Crippen LogP contribution in [0.25, 0.3) is 0 Å². The first-order valence-electron chi connectivity index (χ1n) is 8.45. The molecule has 0 atom stereocenters. The molecular formula is C19H24N4O. The van der Waals surface area contributed by atoms with Gasteiger partial charge in [0.1, 0.15) is 5.82 Å². The van der Waals surface area contributed by atoms with E-state index >= 15 is 0 Å². The Hall–Kier alpha value is -2.40. The van der Waals surface area contributed by atoms with Gasteiger partial charge in [0.15, 0.2) is 0 Å². The number of pyridine rings is 1. The van der Waals surface area contributed by atoms with Crippen LogP contribution in [0, 0.1) is 6.92 Å². The number of aromatic nitrogens is 1. The molecule has 3 rings (SSSR count). The van der Waals surface area contributed by atoms with Crippen LogP contribution in [0.5, 0.6) is 0 Å². The van der Waals surface area contributed by atoms with Crippen LogP contribution in [-0.4, -0.2) is 37.6 Å². The second-order valence-corrected chi connectivity index (χ2v) is 6.12. The van der Waals surface area contributed by atoms with Crippen LogP contribution in [0.15, 0.2) is 36.5 Å². The molecule has 1 amide bonds. The largest absolute Gasteiger partial charge is 0.355 e. The zero-order valence-electron chi connectivity index (χ0n) is 14.3. The number of carbonyl (C=O) groups is 1. The molecule has 0 unspecified atom stereocenters. The Morgan fingerprint density at radius 3 is 2.92 bits per heavy atom. The van der Waals surface area contributed by atoms with E-state index in [0.717, 1.165) is 55.1 Å². The van der Waals surface area contributed by atoms with Gasteiger partial charge in [-0.1, -0.05) is 18.2 Å². The van der Waals surface area contributed by atoms with Crippen molar-refractivity contribution in [3.8, 4) is 0 Å². The summed E-state index contributed by atoms with van der Waals surface area (Å²) >= 11 is 0. The highest BCUT2D eigenvalue weighted by molar-refractivity contribution is 6.05. The lowest BCUT2D eigenvalue weighted by Crippen LogP contribution is -2.36. The van der Waals surface area contributed by atoms with Crippen molar-refractivity contribution >= 4 is 17.4 Å². The summed E-state index contributed by atoms with van der Waals surface area (Å²) in [6.45, 7) is 4.81. The highest BCUT2D eigenvalue weighted by Gasteiger charge is 2.21. The summed E-state index contributed by atoms with van der Waals surface area (Å²) in [5.74, 6) is 0.938. The molecule has 24 heavy (non-hydrogen) atoms. The number of aryl methyl sites for hydroxylation is 1. The fraction of sp³-hybridized carbons (Fsp3) is 0.368. The third-order valence-electron chi connectivity index (χ3n) is 4.46. The number of amides is 1. The maximum Gasteiger partial charge on any atom is 0.255 e. The lowest BCUT2D eigenvalue weighted by molar-refractivity contribution is 0.102. The van der Waals surface area contributed by atoms with Crippen molar-refractivity contribution < 1.29 is 4.79 Å². The van der Waals surface area contributed by atoms with Crippen molar-refractivity contribution in [2.24, 2.45) is 0 Å². The minimum Gasteiger partial charge on any atom is -0.355 e. The monoisotopic (exact) mass is 324 g/mol. The number of fused-ring (bicyclic) bond motifs is 1. The zero-order chi connectivity index (χ0) is 16.9. The minimum atomic E-state index is -0.0613. The average molecular weight is 324 g/mol. The molecule has 5 heteroatoms. The van der Waals surface area contributed by atoms with Crippen molar-refractivity contribution in [2.75, 3.05) is 36.9 Å². The molecule has 2 aromatic rings. The number of rotatable bonds is 5. The summed E-state index contributed by atoms with van der Waals surface area (Å²) in [5.41, 5.74) is 3.71. The maximum absolute atomic E-state index is 12.6. The smallest absolute Gasteiger partial charge is 0.255 e. The normalized spacial score (nSPS) is 13.5. The van der Waals surface area contributed by atoms with Crippen molar-refractivity contribution in [2.45, 2.75) is 19.8 Å². The Balaban J connectivity index is 1.85. The van der Waals surface area contributed by atoms with E-state index in [9.17, 15) is 4.79 Å². The van der Waals surface area contributed by atoms with Crippen molar-refractivity contribution in [1.29, 1.82) is 0 Å². The van der Waals surface area contributed by atoms with Gasteiger partial charge in [-0.2, -0.15) is 0 Å². The summed E-state index contributed by atoms with van der Waals surface area (Å²) in [5, 5.41) is 6.26. The minimum absolute atomic E-state index is 0.0613. The van der Waals surface area contributed by atoms with Gasteiger partial charge in [0.2, 0.25) is 0 Å². The van der Waals surface area contributed by atoms with Crippen LogP contribution in [-0.2, 0) is 6.42 Å². The molecule has 0 radical (unpaired) electrons. The van der Waals surface area contributed by atoms with Gasteiger partial charge >= 0.3 is 0 Å². The molecule has 126 valence electrons. The molecule has 5 nitrogen and oxygen atoms in total. The van der Waals surface area contributed by atoms with Gasteiger partial charge in [-0.3, -0.25) is 4.79 Å². The molecule has 0 spiro atoms. The first-order chi connectivity index (χ1) is 11.7. The number of likely N-dealkylation sites (N-methyl/N-ethyl adjacent to an activating group) is 1. The highest BCUT2D eigenvalue weighted by atomic mass is 16.1. The van der Waals surface area contributed by atoms with Crippen LogP contribution in [0.3, 0.4) is 0 Å². The SMILES string of the molecule is CNCCN1CCCc2c(NC(=O)c3ccccc3C)ccnc21. The van der Waals surface area contributed by atoms with Crippen molar-refractivity contribution in [1.82, 2.24) is 10.3 Å². The van der Waals surface area contributed by atoms with E-state index in [4.69, 9.17) is 0 Å².